The van der Waals surface area contributed by atoms with Gasteiger partial charge in [0.05, 0.1) is 10.5 Å². The van der Waals surface area contributed by atoms with E-state index >= 15 is 0 Å². The first-order chi connectivity index (χ1) is 9.88. The molecule has 0 saturated carbocycles. The van der Waals surface area contributed by atoms with Crippen molar-refractivity contribution >= 4 is 35.0 Å². The number of halogens is 1. The number of carbonyl (C=O) groups excluding carboxylic acids is 1. The quantitative estimate of drug-likeness (QED) is 0.682. The van der Waals surface area contributed by atoms with E-state index in [0.717, 1.165) is 17.3 Å². The minimum atomic E-state index is -0.555. The smallest absolute Gasteiger partial charge is 0.291 e. The number of amides is 1. The van der Waals surface area contributed by atoms with E-state index in [2.05, 4.69) is 15.1 Å². The lowest BCUT2D eigenvalue weighted by Gasteiger charge is -2.11. The second kappa shape index (κ2) is 6.36. The number of aryl methyl sites for hydroxylation is 2. The number of aromatic nitrogens is 2. The minimum Gasteiger partial charge on any atom is -0.538 e. The van der Waals surface area contributed by atoms with Crippen molar-refractivity contribution in [2.45, 2.75) is 24.1 Å². The lowest BCUT2D eigenvalue weighted by Crippen LogP contribution is -2.33. The first kappa shape index (κ1) is 15.7. The Hall–Kier alpha value is -1.73. The Morgan fingerprint density at radius 3 is 2.86 bits per heavy atom. The van der Waals surface area contributed by atoms with Crippen molar-refractivity contribution in [2.75, 3.05) is 5.32 Å². The van der Waals surface area contributed by atoms with E-state index in [1.165, 1.54) is 4.68 Å². The van der Waals surface area contributed by atoms with Gasteiger partial charge in [0.25, 0.3) is 5.03 Å². The lowest BCUT2D eigenvalue weighted by atomic mass is 10.2. The molecule has 1 N–H and O–H groups in total. The molecule has 0 aliphatic carbocycles. The highest BCUT2D eigenvalue weighted by Gasteiger charge is 2.23. The summed E-state index contributed by atoms with van der Waals surface area (Å²) < 4.78 is 5.82. The number of benzene rings is 1. The lowest BCUT2D eigenvalue weighted by molar-refractivity contribution is -0.772. The highest BCUT2D eigenvalue weighted by atomic mass is 35.5. The van der Waals surface area contributed by atoms with E-state index in [1.807, 2.05) is 13.0 Å². The zero-order valence-corrected chi connectivity index (χ0v) is 13.3. The molecule has 0 aliphatic heterocycles. The number of hydrogen-bond acceptors (Lipinski definition) is 5. The fraction of sp³-hybridized carbons (Fsp3) is 0.308. The molecule has 6 nitrogen and oxygen atoms in total. The van der Waals surface area contributed by atoms with Crippen LogP contribution in [0.3, 0.4) is 0 Å². The highest BCUT2D eigenvalue weighted by Crippen LogP contribution is 2.27. The van der Waals surface area contributed by atoms with Gasteiger partial charge in [-0.2, -0.15) is 0 Å². The molecular weight excluding hydrogens is 314 g/mol. The van der Waals surface area contributed by atoms with E-state index in [4.69, 9.17) is 11.6 Å². The number of nitrogens with one attached hydrogen (secondary N) is 1. The number of carbonyl (C=O) groups is 1. The average molecular weight is 328 g/mol. The molecule has 1 unspecified atom stereocenters. The Balaban J connectivity index is 2.04. The van der Waals surface area contributed by atoms with Crippen molar-refractivity contribution in [1.82, 2.24) is 5.27 Å². The van der Waals surface area contributed by atoms with Crippen LogP contribution in [-0.4, -0.2) is 16.4 Å². The van der Waals surface area contributed by atoms with Gasteiger partial charge in [-0.1, -0.05) is 22.3 Å². The van der Waals surface area contributed by atoms with E-state index in [9.17, 15) is 9.90 Å². The van der Waals surface area contributed by atoms with Gasteiger partial charge in [-0.3, -0.25) is 4.79 Å². The zero-order valence-electron chi connectivity index (χ0n) is 11.7. The molecule has 0 saturated heterocycles. The molecule has 0 fully saturated rings. The van der Waals surface area contributed by atoms with Gasteiger partial charge in [0.15, 0.2) is 13.0 Å². The topological polar surface area (TPSA) is 82.1 Å². The van der Waals surface area contributed by atoms with Crippen molar-refractivity contribution in [3.05, 3.63) is 28.8 Å². The zero-order chi connectivity index (χ0) is 15.6. The van der Waals surface area contributed by atoms with Crippen molar-refractivity contribution in [2.24, 2.45) is 7.05 Å². The number of rotatable bonds is 4. The molecule has 0 radical (unpaired) electrons. The van der Waals surface area contributed by atoms with Gasteiger partial charge in [0.1, 0.15) is 0 Å². The Morgan fingerprint density at radius 1 is 1.57 bits per heavy atom. The molecule has 1 amide bonds. The van der Waals surface area contributed by atoms with E-state index in [0.29, 0.717) is 10.7 Å². The first-order valence-electron chi connectivity index (χ1n) is 6.15. The largest absolute Gasteiger partial charge is 0.538 e. The SMILES string of the molecule is Cc1ccc(NC(=O)C(C)Sc2c([O-])on[n+]2C)cc1Cl. The molecule has 1 aromatic carbocycles. The summed E-state index contributed by atoms with van der Waals surface area (Å²) in [6.45, 7) is 3.58. The summed E-state index contributed by atoms with van der Waals surface area (Å²) >= 11 is 7.10. The third kappa shape index (κ3) is 3.68. The summed E-state index contributed by atoms with van der Waals surface area (Å²) in [5.74, 6) is -0.791. The molecule has 2 rings (SSSR count). The average Bonchev–Trinajstić information content (AvgIpc) is 2.74. The fourth-order valence-electron chi connectivity index (χ4n) is 1.57. The van der Waals surface area contributed by atoms with Crippen molar-refractivity contribution in [1.29, 1.82) is 0 Å². The van der Waals surface area contributed by atoms with Crippen LogP contribution in [0.2, 0.25) is 5.02 Å². The van der Waals surface area contributed by atoms with Crippen LogP contribution in [0.25, 0.3) is 0 Å². The van der Waals surface area contributed by atoms with Gasteiger partial charge in [0, 0.05) is 10.7 Å². The van der Waals surface area contributed by atoms with Gasteiger partial charge in [-0.25, -0.2) is 0 Å². The molecule has 21 heavy (non-hydrogen) atoms. The van der Waals surface area contributed by atoms with Crippen LogP contribution in [0.4, 0.5) is 5.69 Å². The van der Waals surface area contributed by atoms with Gasteiger partial charge in [-0.15, -0.1) is 0 Å². The maximum absolute atomic E-state index is 12.1. The Bertz CT molecular complexity index is 655. The van der Waals surface area contributed by atoms with Crippen LogP contribution in [0.5, 0.6) is 5.95 Å². The summed E-state index contributed by atoms with van der Waals surface area (Å²) in [7, 11) is 1.58. The second-order valence-electron chi connectivity index (χ2n) is 4.50. The molecule has 0 aliphatic rings. The first-order valence-corrected chi connectivity index (χ1v) is 7.41. The Labute approximate surface area is 131 Å². The summed E-state index contributed by atoms with van der Waals surface area (Å²) in [6, 6.07) is 5.28. The highest BCUT2D eigenvalue weighted by molar-refractivity contribution is 8.00. The van der Waals surface area contributed by atoms with Crippen LogP contribution in [-0.2, 0) is 11.8 Å². The summed E-state index contributed by atoms with van der Waals surface area (Å²) in [4.78, 5) is 12.1. The number of anilines is 1. The van der Waals surface area contributed by atoms with Crippen molar-refractivity contribution < 1.29 is 19.1 Å². The molecule has 112 valence electrons. The van der Waals surface area contributed by atoms with E-state index < -0.39 is 11.2 Å². The molecule has 1 aromatic heterocycles. The summed E-state index contributed by atoms with van der Waals surface area (Å²) in [6.07, 6.45) is 0. The summed E-state index contributed by atoms with van der Waals surface area (Å²) in [5.41, 5.74) is 1.55. The standard InChI is InChI=1S/C13H14ClN3O3S/c1-7-4-5-9(6-10(7)14)15-11(18)8(2)21-12-13(19)20-16-17(12)3/h4-6,8H,1-3H3,(H-,15,16,18,19). The van der Waals surface area contributed by atoms with Gasteiger partial charge >= 0.3 is 0 Å². The fourth-order valence-corrected chi connectivity index (χ4v) is 2.57. The second-order valence-corrected chi connectivity index (χ2v) is 6.24. The van der Waals surface area contributed by atoms with Crippen LogP contribution in [0.1, 0.15) is 12.5 Å². The van der Waals surface area contributed by atoms with Crippen LogP contribution in [0.15, 0.2) is 27.7 Å². The monoisotopic (exact) mass is 327 g/mol. The van der Waals surface area contributed by atoms with Gasteiger partial charge in [0.2, 0.25) is 5.91 Å². The van der Waals surface area contributed by atoms with Gasteiger partial charge < -0.3 is 14.9 Å². The van der Waals surface area contributed by atoms with E-state index in [-0.39, 0.29) is 10.9 Å². The molecule has 1 atom stereocenters. The van der Waals surface area contributed by atoms with Crippen LogP contribution >= 0.6 is 23.4 Å². The number of hydrogen-bond donors (Lipinski definition) is 1. The minimum absolute atomic E-state index is 0.236. The number of thioether (sulfide) groups is 1. The normalized spacial score (nSPS) is 12.2. The molecule has 1 heterocycles. The third-order valence-electron chi connectivity index (χ3n) is 2.81. The van der Waals surface area contributed by atoms with E-state index in [1.54, 1.807) is 26.1 Å². The molecule has 2 aromatic rings. The van der Waals surface area contributed by atoms with Gasteiger partial charge in [-0.05, 0) is 43.3 Å². The Morgan fingerprint density at radius 2 is 2.29 bits per heavy atom. The third-order valence-corrected chi connectivity index (χ3v) is 4.44. The molecule has 0 bridgehead atoms. The predicted octanol–water partition coefficient (Wildman–Crippen LogP) is 1.65. The van der Waals surface area contributed by atoms with Crippen LogP contribution < -0.4 is 15.1 Å². The summed E-state index contributed by atoms with van der Waals surface area (Å²) in [5, 5.41) is 18.0. The molecule has 8 heteroatoms. The van der Waals surface area contributed by atoms with Crippen molar-refractivity contribution in [3.8, 4) is 5.95 Å². The Kier molecular flexibility index (Phi) is 4.74. The van der Waals surface area contributed by atoms with Crippen molar-refractivity contribution in [3.63, 3.8) is 0 Å². The van der Waals surface area contributed by atoms with Crippen LogP contribution in [0, 0.1) is 6.92 Å². The predicted molar refractivity (Wildman–Crippen MR) is 77.3 cm³/mol. The molecular formula is C13H14ClN3O3S. The number of nitrogens with zero attached hydrogens (tertiary/aromatic N) is 2. The maximum Gasteiger partial charge on any atom is 0.291 e. The molecule has 0 spiro atoms. The maximum atomic E-state index is 12.1.